The van der Waals surface area contributed by atoms with Gasteiger partial charge >= 0.3 is 0 Å². The first-order valence-electron chi connectivity index (χ1n) is 5.33. The number of hydrogen-bond acceptors (Lipinski definition) is 5. The van der Waals surface area contributed by atoms with Crippen LogP contribution in [0.5, 0.6) is 5.88 Å². The van der Waals surface area contributed by atoms with Crippen molar-refractivity contribution in [3.05, 3.63) is 18.1 Å². The fourth-order valence-electron chi connectivity index (χ4n) is 1.54. The lowest BCUT2D eigenvalue weighted by Crippen LogP contribution is -2.25. The van der Waals surface area contributed by atoms with Gasteiger partial charge in [-0.3, -0.25) is 4.79 Å². The van der Waals surface area contributed by atoms with E-state index in [-0.39, 0.29) is 23.3 Å². The minimum Gasteiger partial charge on any atom is -0.479 e. The Morgan fingerprint density at radius 3 is 2.75 bits per heavy atom. The molecule has 1 unspecified atom stereocenters. The van der Waals surface area contributed by atoms with Gasteiger partial charge in [-0.25, -0.2) is 9.97 Å². The Labute approximate surface area is 95.0 Å². The van der Waals surface area contributed by atoms with Crippen molar-refractivity contribution in [3.8, 4) is 5.88 Å². The Bertz CT molecular complexity index is 355. The number of hydrogen-bond donors (Lipinski definition) is 1. The van der Waals surface area contributed by atoms with Crippen LogP contribution < -0.4 is 10.5 Å². The van der Waals surface area contributed by atoms with Gasteiger partial charge in [0, 0.05) is 24.9 Å². The Morgan fingerprint density at radius 1 is 1.50 bits per heavy atom. The summed E-state index contributed by atoms with van der Waals surface area (Å²) in [5.74, 6) is -0.0213. The van der Waals surface area contributed by atoms with Crippen molar-refractivity contribution < 1.29 is 9.53 Å². The average molecular weight is 223 g/mol. The molecule has 1 atom stereocenters. The summed E-state index contributed by atoms with van der Waals surface area (Å²) in [5, 5.41) is 0. The lowest BCUT2D eigenvalue weighted by Gasteiger charge is -2.12. The number of carbonyl (C=O) groups is 1. The van der Waals surface area contributed by atoms with E-state index in [1.165, 1.54) is 19.5 Å². The van der Waals surface area contributed by atoms with E-state index in [2.05, 4.69) is 9.97 Å². The first-order valence-corrected chi connectivity index (χ1v) is 5.33. The van der Waals surface area contributed by atoms with Crippen LogP contribution in [0.25, 0.3) is 0 Å². The highest BCUT2D eigenvalue weighted by Gasteiger charge is 2.22. The number of ether oxygens (including phenoxy) is 1. The third-order valence-corrected chi connectivity index (χ3v) is 2.38. The van der Waals surface area contributed by atoms with Crippen LogP contribution in [0.2, 0.25) is 0 Å². The second-order valence-corrected chi connectivity index (χ2v) is 3.50. The Morgan fingerprint density at radius 2 is 2.19 bits per heavy atom. The smallest absolute Gasteiger partial charge is 0.243 e. The number of ketones is 1. The van der Waals surface area contributed by atoms with Gasteiger partial charge in [0.25, 0.3) is 0 Å². The van der Waals surface area contributed by atoms with Crippen LogP contribution in [0.15, 0.2) is 12.4 Å². The van der Waals surface area contributed by atoms with Crippen LogP contribution in [0, 0.1) is 5.92 Å². The van der Waals surface area contributed by atoms with Gasteiger partial charge in [-0.15, -0.1) is 0 Å². The minimum atomic E-state index is -0.199. The van der Waals surface area contributed by atoms with Gasteiger partial charge in [0.15, 0.2) is 11.5 Å². The second kappa shape index (κ2) is 6.17. The maximum Gasteiger partial charge on any atom is 0.243 e. The summed E-state index contributed by atoms with van der Waals surface area (Å²) in [6.07, 6.45) is 4.65. The molecule has 0 spiro atoms. The normalized spacial score (nSPS) is 12.2. The monoisotopic (exact) mass is 223 g/mol. The van der Waals surface area contributed by atoms with Crippen molar-refractivity contribution in [2.75, 3.05) is 13.7 Å². The highest BCUT2D eigenvalue weighted by molar-refractivity contribution is 5.98. The van der Waals surface area contributed by atoms with Gasteiger partial charge in [0.2, 0.25) is 5.88 Å². The molecule has 0 aromatic carbocycles. The summed E-state index contributed by atoms with van der Waals surface area (Å²) in [6.45, 7) is 2.34. The van der Waals surface area contributed by atoms with E-state index in [1.54, 1.807) is 0 Å². The average Bonchev–Trinajstić information content (AvgIpc) is 2.35. The summed E-state index contributed by atoms with van der Waals surface area (Å²) < 4.78 is 5.00. The Hall–Kier alpha value is -1.49. The molecule has 1 aromatic heterocycles. The third-order valence-electron chi connectivity index (χ3n) is 2.38. The van der Waals surface area contributed by atoms with Crippen molar-refractivity contribution in [2.24, 2.45) is 11.7 Å². The molecule has 0 bridgehead atoms. The van der Waals surface area contributed by atoms with Crippen LogP contribution in [0.1, 0.15) is 30.3 Å². The summed E-state index contributed by atoms with van der Waals surface area (Å²) in [5.41, 5.74) is 5.85. The van der Waals surface area contributed by atoms with Crippen molar-refractivity contribution >= 4 is 5.78 Å². The van der Waals surface area contributed by atoms with Crippen LogP contribution in [0.3, 0.4) is 0 Å². The fourth-order valence-corrected chi connectivity index (χ4v) is 1.54. The van der Waals surface area contributed by atoms with Crippen molar-refractivity contribution in [3.63, 3.8) is 0 Å². The topological polar surface area (TPSA) is 78.1 Å². The molecule has 0 amide bonds. The van der Waals surface area contributed by atoms with Gasteiger partial charge in [-0.2, -0.15) is 0 Å². The number of nitrogens with zero attached hydrogens (tertiary/aromatic N) is 2. The third kappa shape index (κ3) is 2.76. The number of rotatable bonds is 6. The molecule has 0 saturated carbocycles. The van der Waals surface area contributed by atoms with E-state index in [1.807, 2.05) is 6.92 Å². The molecular weight excluding hydrogens is 206 g/mol. The standard InChI is InChI=1S/C11H17N3O2/c1-3-4-8(7-12)10(15)9-11(16-2)14-6-5-13-9/h5-6,8H,3-4,7,12H2,1-2H3. The lowest BCUT2D eigenvalue weighted by atomic mass is 9.96. The highest BCUT2D eigenvalue weighted by atomic mass is 16.5. The van der Waals surface area contributed by atoms with Crippen LogP contribution in [-0.4, -0.2) is 29.4 Å². The van der Waals surface area contributed by atoms with Crippen molar-refractivity contribution in [1.29, 1.82) is 0 Å². The number of carbonyl (C=O) groups excluding carboxylic acids is 1. The fraction of sp³-hybridized carbons (Fsp3) is 0.545. The molecule has 88 valence electrons. The first kappa shape index (κ1) is 12.6. The zero-order valence-corrected chi connectivity index (χ0v) is 9.64. The zero-order valence-electron chi connectivity index (χ0n) is 9.64. The highest BCUT2D eigenvalue weighted by Crippen LogP contribution is 2.18. The maximum atomic E-state index is 12.1. The molecule has 0 aliphatic rings. The van der Waals surface area contributed by atoms with Gasteiger partial charge in [-0.1, -0.05) is 13.3 Å². The number of methoxy groups -OCH3 is 1. The predicted octanol–water partition coefficient (Wildman–Crippen LogP) is 1.04. The summed E-state index contributed by atoms with van der Waals surface area (Å²) >= 11 is 0. The summed E-state index contributed by atoms with van der Waals surface area (Å²) in [6, 6.07) is 0. The second-order valence-electron chi connectivity index (χ2n) is 3.50. The number of nitrogens with two attached hydrogens (primary N) is 1. The van der Waals surface area contributed by atoms with E-state index in [4.69, 9.17) is 10.5 Å². The van der Waals surface area contributed by atoms with Gasteiger partial charge in [0.1, 0.15) is 0 Å². The largest absolute Gasteiger partial charge is 0.479 e. The molecule has 1 heterocycles. The van der Waals surface area contributed by atoms with Crippen molar-refractivity contribution in [1.82, 2.24) is 9.97 Å². The molecule has 5 nitrogen and oxygen atoms in total. The van der Waals surface area contributed by atoms with Gasteiger partial charge in [0.05, 0.1) is 7.11 Å². The molecule has 2 N–H and O–H groups in total. The Balaban J connectivity index is 2.93. The first-order chi connectivity index (χ1) is 7.74. The molecular formula is C11H17N3O2. The van der Waals surface area contributed by atoms with E-state index in [9.17, 15) is 4.79 Å². The molecule has 0 radical (unpaired) electrons. The molecule has 0 aliphatic heterocycles. The van der Waals surface area contributed by atoms with Crippen molar-refractivity contribution in [2.45, 2.75) is 19.8 Å². The number of Topliss-reactive ketones (excluding diaryl/α,β-unsaturated/α-hetero) is 1. The molecule has 0 saturated heterocycles. The minimum absolute atomic E-state index is 0.0886. The Kier molecular flexibility index (Phi) is 4.85. The summed E-state index contributed by atoms with van der Waals surface area (Å²) in [4.78, 5) is 20.0. The maximum absolute atomic E-state index is 12.1. The SMILES string of the molecule is CCCC(CN)C(=O)c1nccnc1OC. The molecule has 1 aromatic rings. The zero-order chi connectivity index (χ0) is 12.0. The van der Waals surface area contributed by atoms with E-state index < -0.39 is 0 Å². The van der Waals surface area contributed by atoms with Gasteiger partial charge in [-0.05, 0) is 6.42 Å². The molecule has 0 fully saturated rings. The van der Waals surface area contributed by atoms with E-state index in [0.29, 0.717) is 6.54 Å². The van der Waals surface area contributed by atoms with E-state index in [0.717, 1.165) is 12.8 Å². The molecule has 5 heteroatoms. The summed E-state index contributed by atoms with van der Waals surface area (Å²) in [7, 11) is 1.47. The van der Waals surface area contributed by atoms with Crippen LogP contribution in [-0.2, 0) is 0 Å². The quantitative estimate of drug-likeness (QED) is 0.729. The predicted molar refractivity (Wildman–Crippen MR) is 60.4 cm³/mol. The van der Waals surface area contributed by atoms with Gasteiger partial charge < -0.3 is 10.5 Å². The molecule has 16 heavy (non-hydrogen) atoms. The van der Waals surface area contributed by atoms with Crippen LogP contribution in [0.4, 0.5) is 0 Å². The molecule has 1 rings (SSSR count). The van der Waals surface area contributed by atoms with Crippen LogP contribution >= 0.6 is 0 Å². The lowest BCUT2D eigenvalue weighted by molar-refractivity contribution is 0.0908. The van der Waals surface area contributed by atoms with E-state index >= 15 is 0 Å². The number of aromatic nitrogens is 2. The molecule has 0 aliphatic carbocycles.